The van der Waals surface area contributed by atoms with Crippen LogP contribution in [0.4, 0.5) is 0 Å². The molecule has 0 spiro atoms. The topological polar surface area (TPSA) is 59.9 Å². The standard InChI is InChI=1S/C28H25BrN2O3/c1-2-20-10-13-24(14-11-20)33-19-28(32)31-30-17-26-25-9-4-3-7-22(25)12-15-27(26)34-18-21-6-5-8-23(29)16-21/h3-17H,2,18-19H2,1H3,(H,31,32). The van der Waals surface area contributed by atoms with Crippen LogP contribution in [0.5, 0.6) is 11.5 Å². The average molecular weight is 517 g/mol. The van der Waals surface area contributed by atoms with Gasteiger partial charge in [-0.25, -0.2) is 5.43 Å². The summed E-state index contributed by atoms with van der Waals surface area (Å²) in [4.78, 5) is 12.2. The molecule has 1 N–H and O–H groups in total. The summed E-state index contributed by atoms with van der Waals surface area (Å²) in [5.41, 5.74) is 5.60. The molecule has 6 heteroatoms. The van der Waals surface area contributed by atoms with Crippen LogP contribution >= 0.6 is 15.9 Å². The monoisotopic (exact) mass is 516 g/mol. The Labute approximate surface area is 207 Å². The molecule has 4 rings (SSSR count). The molecule has 0 bridgehead atoms. The van der Waals surface area contributed by atoms with Crippen LogP contribution in [0.1, 0.15) is 23.6 Å². The lowest BCUT2D eigenvalue weighted by Crippen LogP contribution is -2.24. The second kappa shape index (κ2) is 11.5. The highest BCUT2D eigenvalue weighted by Crippen LogP contribution is 2.27. The summed E-state index contributed by atoms with van der Waals surface area (Å²) >= 11 is 3.49. The molecule has 0 aliphatic rings. The van der Waals surface area contributed by atoms with Crippen LogP contribution in [0.3, 0.4) is 0 Å². The van der Waals surface area contributed by atoms with Gasteiger partial charge in [-0.05, 0) is 58.7 Å². The molecule has 34 heavy (non-hydrogen) atoms. The Bertz CT molecular complexity index is 1300. The van der Waals surface area contributed by atoms with E-state index in [1.807, 2.05) is 84.9 Å². The fourth-order valence-electron chi connectivity index (χ4n) is 3.49. The number of hydrazone groups is 1. The van der Waals surface area contributed by atoms with E-state index in [2.05, 4.69) is 33.4 Å². The fraction of sp³-hybridized carbons (Fsp3) is 0.143. The minimum absolute atomic E-state index is 0.120. The number of fused-ring (bicyclic) bond motifs is 1. The van der Waals surface area contributed by atoms with Gasteiger partial charge < -0.3 is 9.47 Å². The van der Waals surface area contributed by atoms with E-state index >= 15 is 0 Å². The van der Waals surface area contributed by atoms with Gasteiger partial charge in [0.25, 0.3) is 5.91 Å². The third kappa shape index (κ3) is 6.23. The number of halogens is 1. The number of carbonyl (C=O) groups is 1. The van der Waals surface area contributed by atoms with Crippen molar-refractivity contribution in [3.63, 3.8) is 0 Å². The quantitative estimate of drug-likeness (QED) is 0.210. The molecule has 0 radical (unpaired) electrons. The summed E-state index contributed by atoms with van der Waals surface area (Å²) in [5, 5.41) is 6.21. The predicted octanol–water partition coefficient (Wildman–Crippen LogP) is 6.27. The van der Waals surface area contributed by atoms with Gasteiger partial charge >= 0.3 is 0 Å². The summed E-state index contributed by atoms with van der Waals surface area (Å²) < 4.78 is 12.7. The van der Waals surface area contributed by atoms with Crippen molar-refractivity contribution in [2.75, 3.05) is 6.61 Å². The lowest BCUT2D eigenvalue weighted by Gasteiger charge is -2.12. The number of nitrogens with zero attached hydrogens (tertiary/aromatic N) is 1. The molecule has 0 saturated heterocycles. The number of aryl methyl sites for hydroxylation is 1. The van der Waals surface area contributed by atoms with E-state index in [9.17, 15) is 4.79 Å². The number of amides is 1. The van der Waals surface area contributed by atoms with Crippen molar-refractivity contribution < 1.29 is 14.3 Å². The molecule has 5 nitrogen and oxygen atoms in total. The van der Waals surface area contributed by atoms with Crippen LogP contribution in [-0.4, -0.2) is 18.7 Å². The number of hydrogen-bond donors (Lipinski definition) is 1. The normalized spacial score (nSPS) is 11.0. The Morgan fingerprint density at radius 1 is 0.941 bits per heavy atom. The molecule has 0 atom stereocenters. The van der Waals surface area contributed by atoms with Gasteiger partial charge in [-0.2, -0.15) is 5.10 Å². The molecule has 4 aromatic rings. The van der Waals surface area contributed by atoms with Gasteiger partial charge in [-0.1, -0.05) is 77.5 Å². The first-order valence-corrected chi connectivity index (χ1v) is 11.8. The Morgan fingerprint density at radius 2 is 1.76 bits per heavy atom. The molecular weight excluding hydrogens is 492 g/mol. The van der Waals surface area contributed by atoms with Gasteiger partial charge in [-0.15, -0.1) is 0 Å². The zero-order valence-electron chi connectivity index (χ0n) is 18.8. The van der Waals surface area contributed by atoms with E-state index in [1.54, 1.807) is 6.21 Å². The van der Waals surface area contributed by atoms with E-state index in [0.717, 1.165) is 32.8 Å². The van der Waals surface area contributed by atoms with Crippen LogP contribution in [0.15, 0.2) is 94.5 Å². The first kappa shape index (κ1) is 23.5. The summed E-state index contributed by atoms with van der Waals surface area (Å²) in [6.45, 7) is 2.38. The van der Waals surface area contributed by atoms with Crippen LogP contribution in [0.2, 0.25) is 0 Å². The van der Waals surface area contributed by atoms with Crippen molar-refractivity contribution in [1.82, 2.24) is 5.43 Å². The van der Waals surface area contributed by atoms with E-state index in [0.29, 0.717) is 18.1 Å². The van der Waals surface area contributed by atoms with Crippen LogP contribution in [-0.2, 0) is 17.8 Å². The van der Waals surface area contributed by atoms with Crippen LogP contribution < -0.4 is 14.9 Å². The van der Waals surface area contributed by atoms with E-state index < -0.39 is 0 Å². The predicted molar refractivity (Wildman–Crippen MR) is 139 cm³/mol. The molecule has 0 aromatic heterocycles. The number of rotatable bonds is 9. The lowest BCUT2D eigenvalue weighted by atomic mass is 10.0. The van der Waals surface area contributed by atoms with Gasteiger partial charge in [0.15, 0.2) is 6.61 Å². The molecule has 0 saturated carbocycles. The third-order valence-electron chi connectivity index (χ3n) is 5.30. The Kier molecular flexibility index (Phi) is 7.94. The Balaban J connectivity index is 1.44. The molecular formula is C28H25BrN2O3. The zero-order chi connectivity index (χ0) is 23.8. The summed E-state index contributed by atoms with van der Waals surface area (Å²) in [5.74, 6) is 0.991. The first-order chi connectivity index (χ1) is 16.6. The highest BCUT2D eigenvalue weighted by atomic mass is 79.9. The number of hydrogen-bond acceptors (Lipinski definition) is 4. The van der Waals surface area contributed by atoms with Crippen LogP contribution in [0, 0.1) is 0 Å². The SMILES string of the molecule is CCc1ccc(OCC(=O)NN=Cc2c(OCc3cccc(Br)c3)ccc3ccccc23)cc1. The molecule has 0 aliphatic carbocycles. The van der Waals surface area contributed by atoms with Gasteiger partial charge in [0.1, 0.15) is 18.1 Å². The average Bonchev–Trinajstić information content (AvgIpc) is 2.87. The molecule has 0 heterocycles. The molecule has 0 fully saturated rings. The van der Waals surface area contributed by atoms with E-state index in [1.165, 1.54) is 5.56 Å². The maximum Gasteiger partial charge on any atom is 0.277 e. The number of carbonyl (C=O) groups excluding carboxylic acids is 1. The summed E-state index contributed by atoms with van der Waals surface area (Å²) in [6.07, 6.45) is 2.57. The maximum atomic E-state index is 12.2. The maximum absolute atomic E-state index is 12.2. The largest absolute Gasteiger partial charge is 0.488 e. The second-order valence-electron chi connectivity index (χ2n) is 7.70. The Morgan fingerprint density at radius 3 is 2.56 bits per heavy atom. The highest BCUT2D eigenvalue weighted by molar-refractivity contribution is 9.10. The summed E-state index contributed by atoms with van der Waals surface area (Å²) in [7, 11) is 0. The number of benzene rings is 4. The van der Waals surface area contributed by atoms with E-state index in [-0.39, 0.29) is 12.5 Å². The molecule has 0 unspecified atom stereocenters. The number of nitrogens with one attached hydrogen (secondary N) is 1. The Hall–Kier alpha value is -3.64. The van der Waals surface area contributed by atoms with Crippen molar-refractivity contribution >= 4 is 38.8 Å². The van der Waals surface area contributed by atoms with Gasteiger partial charge in [-0.3, -0.25) is 4.79 Å². The number of ether oxygens (including phenoxy) is 2. The van der Waals surface area contributed by atoms with Crippen molar-refractivity contribution in [1.29, 1.82) is 0 Å². The molecule has 1 amide bonds. The van der Waals surface area contributed by atoms with Crippen molar-refractivity contribution in [3.05, 3.63) is 106 Å². The summed E-state index contributed by atoms with van der Waals surface area (Å²) in [6, 6.07) is 27.6. The highest BCUT2D eigenvalue weighted by Gasteiger charge is 2.09. The minimum Gasteiger partial charge on any atom is -0.488 e. The minimum atomic E-state index is -0.340. The third-order valence-corrected chi connectivity index (χ3v) is 5.79. The van der Waals surface area contributed by atoms with Gasteiger partial charge in [0.05, 0.1) is 6.21 Å². The van der Waals surface area contributed by atoms with Crippen molar-refractivity contribution in [2.45, 2.75) is 20.0 Å². The lowest BCUT2D eigenvalue weighted by molar-refractivity contribution is -0.123. The first-order valence-electron chi connectivity index (χ1n) is 11.0. The van der Waals surface area contributed by atoms with E-state index in [4.69, 9.17) is 9.47 Å². The molecule has 4 aromatic carbocycles. The zero-order valence-corrected chi connectivity index (χ0v) is 20.4. The second-order valence-corrected chi connectivity index (χ2v) is 8.61. The molecule has 172 valence electrons. The van der Waals surface area contributed by atoms with Gasteiger partial charge in [0, 0.05) is 10.0 Å². The van der Waals surface area contributed by atoms with Gasteiger partial charge in [0.2, 0.25) is 0 Å². The fourth-order valence-corrected chi connectivity index (χ4v) is 3.94. The molecule has 0 aliphatic heterocycles. The van der Waals surface area contributed by atoms with Crippen LogP contribution in [0.25, 0.3) is 10.8 Å². The van der Waals surface area contributed by atoms with Crippen molar-refractivity contribution in [3.8, 4) is 11.5 Å². The van der Waals surface area contributed by atoms with Crippen molar-refractivity contribution in [2.24, 2.45) is 5.10 Å². The smallest absolute Gasteiger partial charge is 0.277 e.